The average molecular weight is 317 g/mol. The van der Waals surface area contributed by atoms with Gasteiger partial charge < -0.3 is 20.1 Å². The molecule has 21 heavy (non-hydrogen) atoms. The standard InChI is InChI=1S/C13H23N3O4S/c1-16(2)6-5-15-21(17,18)11-7-10(9-14)13(20-4)12(8-11)19-3/h7-8,15H,5-6,9,14H2,1-4H3. The first-order chi connectivity index (χ1) is 9.85. The smallest absolute Gasteiger partial charge is 0.240 e. The van der Waals surface area contributed by atoms with Gasteiger partial charge in [-0.05, 0) is 20.2 Å². The van der Waals surface area contributed by atoms with E-state index in [4.69, 9.17) is 15.2 Å². The predicted octanol–water partition coefficient (Wildman–Crippen LogP) is 0.00240. The molecule has 0 aliphatic rings. The fraction of sp³-hybridized carbons (Fsp3) is 0.538. The van der Waals surface area contributed by atoms with Gasteiger partial charge in [-0.25, -0.2) is 13.1 Å². The summed E-state index contributed by atoms with van der Waals surface area (Å²) in [6.45, 7) is 1.08. The predicted molar refractivity (Wildman–Crippen MR) is 81.2 cm³/mol. The van der Waals surface area contributed by atoms with Crippen molar-refractivity contribution in [1.82, 2.24) is 9.62 Å². The Kier molecular flexibility index (Phi) is 6.41. The van der Waals surface area contributed by atoms with Gasteiger partial charge in [0, 0.05) is 31.3 Å². The Morgan fingerprint density at radius 3 is 2.38 bits per heavy atom. The lowest BCUT2D eigenvalue weighted by Gasteiger charge is -2.15. The number of hydrogen-bond acceptors (Lipinski definition) is 6. The molecule has 0 fully saturated rings. The van der Waals surface area contributed by atoms with E-state index in [0.717, 1.165) is 0 Å². The van der Waals surface area contributed by atoms with E-state index in [-0.39, 0.29) is 11.4 Å². The maximum atomic E-state index is 12.3. The summed E-state index contributed by atoms with van der Waals surface area (Å²) in [6, 6.07) is 2.93. The minimum atomic E-state index is -3.61. The second-order valence-electron chi connectivity index (χ2n) is 4.72. The maximum Gasteiger partial charge on any atom is 0.240 e. The quantitative estimate of drug-likeness (QED) is 0.701. The Balaban J connectivity index is 3.12. The van der Waals surface area contributed by atoms with Gasteiger partial charge >= 0.3 is 0 Å². The highest BCUT2D eigenvalue weighted by Crippen LogP contribution is 2.33. The summed E-state index contributed by atoms with van der Waals surface area (Å²) in [6.07, 6.45) is 0. The molecule has 3 N–H and O–H groups in total. The van der Waals surface area contributed by atoms with Crippen LogP contribution in [0, 0.1) is 0 Å². The fourth-order valence-corrected chi connectivity index (χ4v) is 2.90. The monoisotopic (exact) mass is 317 g/mol. The third-order valence-electron chi connectivity index (χ3n) is 2.91. The molecule has 0 saturated heterocycles. The summed E-state index contributed by atoms with van der Waals surface area (Å²) in [5.41, 5.74) is 6.22. The minimum Gasteiger partial charge on any atom is -0.493 e. The van der Waals surface area contributed by atoms with E-state index >= 15 is 0 Å². The lowest BCUT2D eigenvalue weighted by Crippen LogP contribution is -2.31. The summed E-state index contributed by atoms with van der Waals surface area (Å²) in [4.78, 5) is 2.00. The van der Waals surface area contributed by atoms with Crippen LogP contribution in [0.2, 0.25) is 0 Å². The van der Waals surface area contributed by atoms with Gasteiger partial charge in [-0.15, -0.1) is 0 Å². The first kappa shape index (κ1) is 17.7. The molecule has 1 aromatic rings. The van der Waals surface area contributed by atoms with Gasteiger partial charge in [0.25, 0.3) is 0 Å². The van der Waals surface area contributed by atoms with Crippen LogP contribution in [0.3, 0.4) is 0 Å². The summed E-state index contributed by atoms with van der Waals surface area (Å²) in [5.74, 6) is 0.792. The highest BCUT2D eigenvalue weighted by atomic mass is 32.2. The van der Waals surface area contributed by atoms with Crippen molar-refractivity contribution in [2.24, 2.45) is 5.73 Å². The second-order valence-corrected chi connectivity index (χ2v) is 6.49. The van der Waals surface area contributed by atoms with Crippen molar-refractivity contribution in [1.29, 1.82) is 0 Å². The Bertz CT molecular complexity index is 548. The molecule has 7 nitrogen and oxygen atoms in total. The van der Waals surface area contributed by atoms with E-state index in [1.165, 1.54) is 26.4 Å². The molecule has 0 spiro atoms. The molecule has 0 aliphatic heterocycles. The Hall–Kier alpha value is -1.35. The lowest BCUT2D eigenvalue weighted by atomic mass is 10.2. The summed E-state index contributed by atoms with van der Waals surface area (Å²) < 4.78 is 37.5. The zero-order valence-corrected chi connectivity index (χ0v) is 13.7. The van der Waals surface area contributed by atoms with Crippen LogP contribution < -0.4 is 19.9 Å². The SMILES string of the molecule is COc1cc(S(=O)(=O)NCCN(C)C)cc(CN)c1OC. The van der Waals surface area contributed by atoms with Gasteiger partial charge in [-0.3, -0.25) is 0 Å². The minimum absolute atomic E-state index is 0.111. The van der Waals surface area contributed by atoms with Crippen LogP contribution in [0.5, 0.6) is 11.5 Å². The third kappa shape index (κ3) is 4.57. The zero-order chi connectivity index (χ0) is 16.0. The van der Waals surface area contributed by atoms with Crippen molar-refractivity contribution in [3.8, 4) is 11.5 Å². The highest BCUT2D eigenvalue weighted by Gasteiger charge is 2.19. The summed E-state index contributed by atoms with van der Waals surface area (Å²) in [5, 5.41) is 0. The Morgan fingerprint density at radius 2 is 1.90 bits per heavy atom. The van der Waals surface area contributed by atoms with E-state index < -0.39 is 10.0 Å². The molecule has 0 bridgehead atoms. The Morgan fingerprint density at radius 1 is 1.24 bits per heavy atom. The maximum absolute atomic E-state index is 12.3. The molecule has 120 valence electrons. The number of nitrogens with one attached hydrogen (secondary N) is 1. The molecule has 8 heteroatoms. The number of rotatable bonds is 8. The van der Waals surface area contributed by atoms with Crippen LogP contribution >= 0.6 is 0 Å². The number of sulfonamides is 1. The van der Waals surface area contributed by atoms with Crippen molar-refractivity contribution in [2.45, 2.75) is 11.4 Å². The molecule has 1 rings (SSSR count). The van der Waals surface area contributed by atoms with Gasteiger partial charge in [0.15, 0.2) is 11.5 Å². The van der Waals surface area contributed by atoms with Crippen molar-refractivity contribution < 1.29 is 17.9 Å². The van der Waals surface area contributed by atoms with Crippen LogP contribution in [0.25, 0.3) is 0 Å². The zero-order valence-electron chi connectivity index (χ0n) is 12.8. The van der Waals surface area contributed by atoms with Crippen LogP contribution in [-0.4, -0.2) is 54.7 Å². The van der Waals surface area contributed by atoms with E-state index in [1.54, 1.807) is 0 Å². The van der Waals surface area contributed by atoms with Crippen molar-refractivity contribution in [3.05, 3.63) is 17.7 Å². The fourth-order valence-electron chi connectivity index (χ4n) is 1.81. The number of ether oxygens (including phenoxy) is 2. The molecule has 0 amide bonds. The van der Waals surface area contributed by atoms with Crippen molar-refractivity contribution in [2.75, 3.05) is 41.4 Å². The number of likely N-dealkylation sites (N-methyl/N-ethyl adjacent to an activating group) is 1. The molecule has 0 atom stereocenters. The molecule has 0 aliphatic carbocycles. The molecular weight excluding hydrogens is 294 g/mol. The van der Waals surface area contributed by atoms with Gasteiger partial charge in [0.2, 0.25) is 10.0 Å². The largest absolute Gasteiger partial charge is 0.493 e. The number of hydrogen-bond donors (Lipinski definition) is 2. The summed E-state index contributed by atoms with van der Waals surface area (Å²) >= 11 is 0. The molecule has 0 heterocycles. The number of nitrogens with two attached hydrogens (primary N) is 1. The average Bonchev–Trinajstić information content (AvgIpc) is 2.44. The lowest BCUT2D eigenvalue weighted by molar-refractivity contribution is 0.350. The van der Waals surface area contributed by atoms with Crippen LogP contribution in [0.15, 0.2) is 17.0 Å². The second kappa shape index (κ2) is 7.60. The van der Waals surface area contributed by atoms with Crippen LogP contribution in [-0.2, 0) is 16.6 Å². The van der Waals surface area contributed by atoms with Crippen molar-refractivity contribution in [3.63, 3.8) is 0 Å². The van der Waals surface area contributed by atoms with Crippen molar-refractivity contribution >= 4 is 10.0 Å². The molecule has 1 aromatic carbocycles. The van der Waals surface area contributed by atoms with Gasteiger partial charge in [0.05, 0.1) is 19.1 Å². The van der Waals surface area contributed by atoms with Crippen LogP contribution in [0.1, 0.15) is 5.56 Å². The molecule has 0 saturated carbocycles. The number of methoxy groups -OCH3 is 2. The first-order valence-corrected chi connectivity index (χ1v) is 7.93. The topological polar surface area (TPSA) is 93.9 Å². The molecule has 0 aromatic heterocycles. The van der Waals surface area contributed by atoms with E-state index in [2.05, 4.69) is 4.72 Å². The van der Waals surface area contributed by atoms with Gasteiger partial charge in [-0.2, -0.15) is 0 Å². The number of benzene rings is 1. The summed E-state index contributed by atoms with van der Waals surface area (Å²) in [7, 11) is 3.07. The van der Waals surface area contributed by atoms with Gasteiger partial charge in [-0.1, -0.05) is 0 Å². The van der Waals surface area contributed by atoms with E-state index in [1.807, 2.05) is 19.0 Å². The first-order valence-electron chi connectivity index (χ1n) is 6.45. The normalized spacial score (nSPS) is 11.7. The molecular formula is C13H23N3O4S. The highest BCUT2D eigenvalue weighted by molar-refractivity contribution is 7.89. The van der Waals surface area contributed by atoms with Crippen LogP contribution in [0.4, 0.5) is 0 Å². The molecule has 0 radical (unpaired) electrons. The van der Waals surface area contributed by atoms with E-state index in [0.29, 0.717) is 30.2 Å². The third-order valence-corrected chi connectivity index (χ3v) is 4.35. The van der Waals surface area contributed by atoms with E-state index in [9.17, 15) is 8.42 Å². The Labute approximate surface area is 126 Å². The number of nitrogens with zero attached hydrogens (tertiary/aromatic N) is 1. The molecule has 0 unspecified atom stereocenters. The van der Waals surface area contributed by atoms with Gasteiger partial charge in [0.1, 0.15) is 0 Å².